The first-order valence-electron chi connectivity index (χ1n) is 3.34. The summed E-state index contributed by atoms with van der Waals surface area (Å²) in [5.74, 6) is 0. The fourth-order valence-electron chi connectivity index (χ4n) is 0.684. The summed E-state index contributed by atoms with van der Waals surface area (Å²) in [5, 5.41) is 31.7. The van der Waals surface area contributed by atoms with Crippen LogP contribution in [0.15, 0.2) is 24.3 Å². The molecule has 0 unspecified atom stereocenters. The van der Waals surface area contributed by atoms with Gasteiger partial charge in [0.05, 0.1) is 0 Å². The van der Waals surface area contributed by atoms with E-state index in [1.165, 1.54) is 0 Å². The van der Waals surface area contributed by atoms with Gasteiger partial charge < -0.3 is 20.1 Å². The molecule has 7 heteroatoms. The van der Waals surface area contributed by atoms with Crippen LogP contribution >= 0.6 is 11.6 Å². The van der Waals surface area contributed by atoms with Crippen molar-refractivity contribution >= 4 is 31.9 Å². The number of hydrogen-bond acceptors (Lipinski definition) is 4. The zero-order chi connectivity index (χ0) is 10.3. The minimum absolute atomic E-state index is 0. The molecule has 0 spiro atoms. The second kappa shape index (κ2) is 6.94. The van der Waals surface area contributed by atoms with E-state index in [0.29, 0.717) is 10.5 Å². The maximum absolute atomic E-state index is 8.68. The van der Waals surface area contributed by atoms with Crippen molar-refractivity contribution in [3.8, 4) is 0 Å². The SMILES string of the molecule is OB(O)c1ccccc1Cl.O[B]O. The number of rotatable bonds is 1. The van der Waals surface area contributed by atoms with Gasteiger partial charge in [-0.15, -0.1) is 0 Å². The molecule has 0 aliphatic rings. The van der Waals surface area contributed by atoms with Crippen LogP contribution in [0, 0.1) is 0 Å². The van der Waals surface area contributed by atoms with Crippen LogP contribution in [0.25, 0.3) is 0 Å². The lowest BCUT2D eigenvalue weighted by Gasteiger charge is -1.99. The molecule has 0 aliphatic heterocycles. The molecule has 4 N–H and O–H groups in total. The minimum atomic E-state index is -1.48. The van der Waals surface area contributed by atoms with Gasteiger partial charge in [0, 0.05) is 10.5 Å². The summed E-state index contributed by atoms with van der Waals surface area (Å²) in [6.45, 7) is 0. The quantitative estimate of drug-likeness (QED) is 0.418. The molecule has 0 atom stereocenters. The van der Waals surface area contributed by atoms with E-state index >= 15 is 0 Å². The molecule has 0 fully saturated rings. The molecule has 1 aromatic rings. The molecule has 1 rings (SSSR count). The lowest BCUT2D eigenvalue weighted by molar-refractivity contribution is 0.426. The molecule has 0 saturated carbocycles. The van der Waals surface area contributed by atoms with E-state index in [9.17, 15) is 0 Å². The third-order valence-corrected chi connectivity index (χ3v) is 1.53. The zero-order valence-corrected chi connectivity index (χ0v) is 7.39. The van der Waals surface area contributed by atoms with Gasteiger partial charge in [-0.2, -0.15) is 0 Å². The maximum Gasteiger partial charge on any atom is 0.489 e. The Kier molecular flexibility index (Phi) is 6.66. The van der Waals surface area contributed by atoms with Crippen LogP contribution in [-0.2, 0) is 0 Å². The van der Waals surface area contributed by atoms with Crippen molar-refractivity contribution in [3.63, 3.8) is 0 Å². The van der Waals surface area contributed by atoms with Crippen molar-refractivity contribution in [2.45, 2.75) is 0 Å². The van der Waals surface area contributed by atoms with Crippen molar-refractivity contribution in [1.82, 2.24) is 0 Å². The molecule has 0 aromatic heterocycles. The Morgan fingerprint density at radius 1 is 1.15 bits per heavy atom. The Morgan fingerprint density at radius 2 is 1.62 bits per heavy atom. The summed E-state index contributed by atoms with van der Waals surface area (Å²) in [6, 6.07) is 6.60. The fourth-order valence-corrected chi connectivity index (χ4v) is 0.918. The molecular formula is C6H8B2ClO4. The molecule has 4 nitrogen and oxygen atoms in total. The Balaban J connectivity index is 0.000000424. The average molecular weight is 201 g/mol. The summed E-state index contributed by atoms with van der Waals surface area (Å²) >= 11 is 5.60. The van der Waals surface area contributed by atoms with Crippen molar-refractivity contribution in [2.75, 3.05) is 0 Å². The third-order valence-electron chi connectivity index (χ3n) is 1.18. The summed E-state index contributed by atoms with van der Waals surface area (Å²) in [5.41, 5.74) is 0.337. The average Bonchev–Trinajstić information content (AvgIpc) is 2.06. The smallest absolute Gasteiger partial charge is 0.429 e. The normalized spacial score (nSPS) is 8.38. The lowest BCUT2D eigenvalue weighted by Crippen LogP contribution is -2.30. The zero-order valence-electron chi connectivity index (χ0n) is 6.63. The number of benzene rings is 1. The molecule has 0 amide bonds. The molecule has 0 aliphatic carbocycles. The van der Waals surface area contributed by atoms with Crippen molar-refractivity contribution in [2.24, 2.45) is 0 Å². The highest BCUT2D eigenvalue weighted by molar-refractivity contribution is 6.62. The standard InChI is InChI=1S/C6H6BClO2.BH2O2/c8-6-4-2-1-3-5(6)7(9)10;2-1-3/h1-4,9-10H;2-3H. The first kappa shape index (κ1) is 12.5. The van der Waals surface area contributed by atoms with Crippen LogP contribution in [0.5, 0.6) is 0 Å². The predicted octanol–water partition coefficient (Wildman–Crippen LogP) is -1.48. The van der Waals surface area contributed by atoms with E-state index < -0.39 is 7.12 Å². The van der Waals surface area contributed by atoms with Gasteiger partial charge >= 0.3 is 14.8 Å². The first-order valence-corrected chi connectivity index (χ1v) is 3.72. The van der Waals surface area contributed by atoms with Crippen LogP contribution in [-0.4, -0.2) is 34.9 Å². The Bertz CT molecular complexity index is 246. The molecule has 13 heavy (non-hydrogen) atoms. The molecule has 69 valence electrons. The van der Waals surface area contributed by atoms with E-state index in [2.05, 4.69) is 0 Å². The molecule has 0 heterocycles. The molecule has 0 saturated heterocycles. The Morgan fingerprint density at radius 3 is 1.92 bits per heavy atom. The molecule has 1 aromatic carbocycles. The van der Waals surface area contributed by atoms with Crippen LogP contribution in [0.2, 0.25) is 5.02 Å². The van der Waals surface area contributed by atoms with Crippen molar-refractivity contribution in [3.05, 3.63) is 29.3 Å². The van der Waals surface area contributed by atoms with Crippen LogP contribution in [0.3, 0.4) is 0 Å². The second-order valence-corrected chi connectivity index (χ2v) is 2.42. The van der Waals surface area contributed by atoms with Crippen LogP contribution in [0.1, 0.15) is 0 Å². The Labute approximate surface area is 81.9 Å². The second-order valence-electron chi connectivity index (χ2n) is 2.01. The molecule has 0 bridgehead atoms. The van der Waals surface area contributed by atoms with Crippen LogP contribution in [0.4, 0.5) is 0 Å². The van der Waals surface area contributed by atoms with E-state index in [1.54, 1.807) is 24.3 Å². The fraction of sp³-hybridized carbons (Fsp3) is 0. The number of halogens is 1. The minimum Gasteiger partial charge on any atom is -0.429 e. The summed E-state index contributed by atoms with van der Waals surface area (Å²) in [6.07, 6.45) is 0. The largest absolute Gasteiger partial charge is 0.489 e. The van der Waals surface area contributed by atoms with E-state index in [4.69, 9.17) is 31.7 Å². The number of hydrogen-bond donors (Lipinski definition) is 4. The van der Waals surface area contributed by atoms with E-state index in [0.717, 1.165) is 0 Å². The summed E-state index contributed by atoms with van der Waals surface area (Å²) in [7, 11) is -1.48. The third kappa shape index (κ3) is 4.92. The first-order chi connectivity index (χ1) is 6.13. The van der Waals surface area contributed by atoms with Gasteiger partial charge in [-0.05, 0) is 6.07 Å². The van der Waals surface area contributed by atoms with E-state index in [1.807, 2.05) is 0 Å². The van der Waals surface area contributed by atoms with Gasteiger partial charge in [-0.25, -0.2) is 0 Å². The highest BCUT2D eigenvalue weighted by Gasteiger charge is 2.12. The summed E-state index contributed by atoms with van der Waals surface area (Å²) < 4.78 is 0. The van der Waals surface area contributed by atoms with Gasteiger partial charge in [0.1, 0.15) is 0 Å². The Hall–Kier alpha value is -0.520. The monoisotopic (exact) mass is 201 g/mol. The van der Waals surface area contributed by atoms with Crippen molar-refractivity contribution < 1.29 is 20.1 Å². The predicted molar refractivity (Wildman–Crippen MR) is 51.5 cm³/mol. The van der Waals surface area contributed by atoms with Gasteiger partial charge in [0.25, 0.3) is 0 Å². The van der Waals surface area contributed by atoms with Crippen LogP contribution < -0.4 is 5.46 Å². The lowest BCUT2D eigenvalue weighted by atomic mass is 9.80. The van der Waals surface area contributed by atoms with E-state index in [-0.39, 0.29) is 7.69 Å². The highest BCUT2D eigenvalue weighted by atomic mass is 35.5. The van der Waals surface area contributed by atoms with Gasteiger partial charge in [0.2, 0.25) is 0 Å². The van der Waals surface area contributed by atoms with Crippen molar-refractivity contribution in [1.29, 1.82) is 0 Å². The van der Waals surface area contributed by atoms with Gasteiger partial charge in [-0.1, -0.05) is 29.8 Å². The summed E-state index contributed by atoms with van der Waals surface area (Å²) in [4.78, 5) is 0. The van der Waals surface area contributed by atoms with Gasteiger partial charge in [0.15, 0.2) is 0 Å². The van der Waals surface area contributed by atoms with Gasteiger partial charge in [-0.3, -0.25) is 0 Å². The molecule has 1 radical (unpaired) electrons. The highest BCUT2D eigenvalue weighted by Crippen LogP contribution is 2.02. The molecular weight excluding hydrogens is 193 g/mol. The maximum atomic E-state index is 8.68. The topological polar surface area (TPSA) is 80.9 Å².